The Morgan fingerprint density at radius 2 is 2.15 bits per heavy atom. The monoisotopic (exact) mass is 301 g/mol. The molecular weight excluding hydrogens is 290 g/mol. The van der Waals surface area contributed by atoms with Crippen molar-refractivity contribution in [3.8, 4) is 5.75 Å². The summed E-state index contributed by atoms with van der Waals surface area (Å²) >= 11 is 5.78. The Labute approximate surface area is 119 Å². The van der Waals surface area contributed by atoms with Crippen LogP contribution in [0.1, 0.15) is 5.56 Å². The van der Waals surface area contributed by atoms with Crippen molar-refractivity contribution >= 4 is 17.6 Å². The molecule has 1 aromatic rings. The Balaban J connectivity index is 3.09. The van der Waals surface area contributed by atoms with Crippen LogP contribution in [0.4, 0.5) is 0 Å². The molecule has 0 aliphatic carbocycles. The SMILES string of the molecule is CO/C=C(/Oc1ccc(Cl)cc1C[N+](=O)[O-])C(=O)OC. The van der Waals surface area contributed by atoms with E-state index in [1.54, 1.807) is 0 Å². The summed E-state index contributed by atoms with van der Waals surface area (Å²) in [5, 5.41) is 10.9. The molecule has 0 N–H and O–H groups in total. The van der Waals surface area contributed by atoms with Crippen molar-refractivity contribution in [2.75, 3.05) is 14.2 Å². The number of rotatable bonds is 6. The van der Waals surface area contributed by atoms with Gasteiger partial charge < -0.3 is 14.2 Å². The molecule has 0 bridgehead atoms. The average molecular weight is 302 g/mol. The van der Waals surface area contributed by atoms with Crippen LogP contribution < -0.4 is 4.74 Å². The molecule has 20 heavy (non-hydrogen) atoms. The summed E-state index contributed by atoms with van der Waals surface area (Å²) in [6.45, 7) is -0.489. The van der Waals surface area contributed by atoms with Crippen LogP contribution in [-0.2, 0) is 20.8 Å². The maximum atomic E-state index is 11.5. The molecular formula is C12H12ClNO6. The second-order valence-electron chi connectivity index (χ2n) is 3.55. The normalized spacial score (nSPS) is 10.8. The first-order chi connectivity index (χ1) is 9.47. The van der Waals surface area contributed by atoms with Crippen LogP contribution in [-0.4, -0.2) is 25.1 Å². The molecule has 0 aromatic heterocycles. The lowest BCUT2D eigenvalue weighted by molar-refractivity contribution is -0.496. The molecule has 0 saturated carbocycles. The van der Waals surface area contributed by atoms with Gasteiger partial charge in [-0.1, -0.05) is 11.6 Å². The average Bonchev–Trinajstić information content (AvgIpc) is 2.39. The Bertz CT molecular complexity index is 543. The van der Waals surface area contributed by atoms with E-state index in [4.69, 9.17) is 21.1 Å². The van der Waals surface area contributed by atoms with Crippen molar-refractivity contribution in [1.29, 1.82) is 0 Å². The lowest BCUT2D eigenvalue weighted by Gasteiger charge is -2.10. The van der Waals surface area contributed by atoms with Crippen LogP contribution in [0.5, 0.6) is 5.75 Å². The van der Waals surface area contributed by atoms with Crippen molar-refractivity contribution in [2.45, 2.75) is 6.54 Å². The molecule has 1 aromatic carbocycles. The van der Waals surface area contributed by atoms with Gasteiger partial charge in [-0.25, -0.2) is 4.79 Å². The lowest BCUT2D eigenvalue weighted by Crippen LogP contribution is -2.12. The number of hydrogen-bond donors (Lipinski definition) is 0. The van der Waals surface area contributed by atoms with E-state index in [1.807, 2.05) is 0 Å². The maximum Gasteiger partial charge on any atom is 0.377 e. The first-order valence-corrected chi connectivity index (χ1v) is 5.75. The van der Waals surface area contributed by atoms with Crippen LogP contribution in [0, 0.1) is 10.1 Å². The molecule has 8 heteroatoms. The summed E-state index contributed by atoms with van der Waals surface area (Å²) < 4.78 is 14.5. The number of carbonyl (C=O) groups is 1. The third-order valence-corrected chi connectivity index (χ3v) is 2.39. The summed E-state index contributed by atoms with van der Waals surface area (Å²) in [6, 6.07) is 4.30. The van der Waals surface area contributed by atoms with Gasteiger partial charge in [0.2, 0.25) is 12.3 Å². The summed E-state index contributed by atoms with van der Waals surface area (Å²) in [6.07, 6.45) is 1.04. The molecule has 0 heterocycles. The van der Waals surface area contributed by atoms with E-state index in [-0.39, 0.29) is 17.1 Å². The van der Waals surface area contributed by atoms with E-state index in [1.165, 1.54) is 32.4 Å². The van der Waals surface area contributed by atoms with Gasteiger partial charge in [-0.05, 0) is 18.2 Å². The van der Waals surface area contributed by atoms with Crippen molar-refractivity contribution in [1.82, 2.24) is 0 Å². The van der Waals surface area contributed by atoms with Crippen molar-refractivity contribution in [3.05, 3.63) is 50.9 Å². The molecule has 0 spiro atoms. The molecule has 0 saturated heterocycles. The number of methoxy groups -OCH3 is 2. The first kappa shape index (κ1) is 15.8. The number of nitrogens with zero attached hydrogens (tertiary/aromatic N) is 1. The topological polar surface area (TPSA) is 87.9 Å². The molecule has 0 aliphatic rings. The Morgan fingerprint density at radius 3 is 2.70 bits per heavy atom. The van der Waals surface area contributed by atoms with Crippen LogP contribution in [0.25, 0.3) is 0 Å². The number of nitro groups is 1. The molecule has 0 radical (unpaired) electrons. The van der Waals surface area contributed by atoms with Crippen molar-refractivity contribution < 1.29 is 23.9 Å². The molecule has 108 valence electrons. The zero-order chi connectivity index (χ0) is 15.1. The van der Waals surface area contributed by atoms with Gasteiger partial charge in [0.05, 0.1) is 19.8 Å². The number of esters is 1. The molecule has 0 fully saturated rings. The van der Waals surface area contributed by atoms with Crippen LogP contribution in [0.2, 0.25) is 5.02 Å². The summed E-state index contributed by atoms with van der Waals surface area (Å²) in [4.78, 5) is 21.5. The van der Waals surface area contributed by atoms with Gasteiger partial charge in [-0.15, -0.1) is 0 Å². The fourth-order valence-corrected chi connectivity index (χ4v) is 1.54. The fraction of sp³-hybridized carbons (Fsp3) is 0.250. The number of ether oxygens (including phenoxy) is 3. The standard InChI is InChI=1S/C12H12ClNO6/c1-18-7-11(12(15)19-2)20-10-4-3-9(13)5-8(10)6-14(16)17/h3-5,7H,6H2,1-2H3/b11-7+. The highest BCUT2D eigenvalue weighted by molar-refractivity contribution is 6.30. The first-order valence-electron chi connectivity index (χ1n) is 5.37. The number of hydrogen-bond acceptors (Lipinski definition) is 6. The van der Waals surface area contributed by atoms with Gasteiger partial charge in [-0.2, -0.15) is 0 Å². The molecule has 0 amide bonds. The minimum Gasteiger partial charge on any atom is -0.500 e. The second-order valence-corrected chi connectivity index (χ2v) is 3.99. The Morgan fingerprint density at radius 1 is 1.45 bits per heavy atom. The number of carbonyl (C=O) groups excluding carboxylic acids is 1. The fourth-order valence-electron chi connectivity index (χ4n) is 1.35. The van der Waals surface area contributed by atoms with Gasteiger partial charge >= 0.3 is 5.97 Å². The van der Waals surface area contributed by atoms with E-state index in [9.17, 15) is 14.9 Å². The minimum atomic E-state index is -0.770. The quantitative estimate of drug-likeness (QED) is 0.263. The van der Waals surface area contributed by atoms with E-state index in [0.29, 0.717) is 5.02 Å². The Hall–Kier alpha value is -2.28. The van der Waals surface area contributed by atoms with Crippen LogP contribution in [0.3, 0.4) is 0 Å². The predicted octanol–water partition coefficient (Wildman–Crippen LogP) is 2.16. The van der Waals surface area contributed by atoms with Gasteiger partial charge in [0, 0.05) is 9.95 Å². The lowest BCUT2D eigenvalue weighted by atomic mass is 10.2. The van der Waals surface area contributed by atoms with Crippen molar-refractivity contribution in [2.24, 2.45) is 0 Å². The van der Waals surface area contributed by atoms with Crippen LogP contribution >= 0.6 is 11.6 Å². The zero-order valence-electron chi connectivity index (χ0n) is 10.8. The molecule has 0 aliphatic heterocycles. The largest absolute Gasteiger partial charge is 0.500 e. The smallest absolute Gasteiger partial charge is 0.377 e. The van der Waals surface area contributed by atoms with Crippen molar-refractivity contribution in [3.63, 3.8) is 0 Å². The third-order valence-electron chi connectivity index (χ3n) is 2.15. The van der Waals surface area contributed by atoms with E-state index >= 15 is 0 Å². The van der Waals surface area contributed by atoms with E-state index in [2.05, 4.69) is 4.74 Å². The molecule has 0 atom stereocenters. The minimum absolute atomic E-state index is 0.125. The predicted molar refractivity (Wildman–Crippen MR) is 69.9 cm³/mol. The second kappa shape index (κ2) is 7.34. The molecule has 1 rings (SSSR count). The van der Waals surface area contributed by atoms with Gasteiger partial charge in [-0.3, -0.25) is 10.1 Å². The van der Waals surface area contributed by atoms with E-state index < -0.39 is 17.4 Å². The molecule has 7 nitrogen and oxygen atoms in total. The van der Waals surface area contributed by atoms with E-state index in [0.717, 1.165) is 6.26 Å². The van der Waals surface area contributed by atoms with Gasteiger partial charge in [0.15, 0.2) is 0 Å². The number of halogens is 1. The summed E-state index contributed by atoms with van der Waals surface area (Å²) in [5.74, 6) is -0.879. The highest BCUT2D eigenvalue weighted by atomic mass is 35.5. The highest BCUT2D eigenvalue weighted by Crippen LogP contribution is 2.25. The summed E-state index contributed by atoms with van der Waals surface area (Å²) in [7, 11) is 2.50. The maximum absolute atomic E-state index is 11.5. The zero-order valence-corrected chi connectivity index (χ0v) is 11.5. The number of benzene rings is 1. The van der Waals surface area contributed by atoms with Gasteiger partial charge in [0.25, 0.3) is 0 Å². The third kappa shape index (κ3) is 4.43. The summed E-state index contributed by atoms with van der Waals surface area (Å²) in [5.41, 5.74) is 0.230. The van der Waals surface area contributed by atoms with Crippen LogP contribution in [0.15, 0.2) is 30.2 Å². The Kier molecular flexibility index (Phi) is 5.79. The highest BCUT2D eigenvalue weighted by Gasteiger charge is 2.17. The van der Waals surface area contributed by atoms with Gasteiger partial charge in [0.1, 0.15) is 12.0 Å². The molecule has 0 unspecified atom stereocenters.